The molecule has 0 saturated carbocycles. The molecule has 3 heteroatoms. The maximum absolute atomic E-state index is 11.2. The number of hydrogen-bond donors (Lipinski definition) is 0. The lowest BCUT2D eigenvalue weighted by Crippen LogP contribution is -2.20. The first kappa shape index (κ1) is 12.4. The summed E-state index contributed by atoms with van der Waals surface area (Å²) in [6.07, 6.45) is 3.68. The highest BCUT2D eigenvalue weighted by molar-refractivity contribution is 6.84. The van der Waals surface area contributed by atoms with Crippen LogP contribution in [0.25, 0.3) is 0 Å². The Morgan fingerprint density at radius 2 is 2.07 bits per heavy atom. The topological polar surface area (TPSA) is 26.3 Å². The molecule has 84 valence electrons. The van der Waals surface area contributed by atoms with Crippen LogP contribution in [0.1, 0.15) is 6.92 Å². The minimum absolute atomic E-state index is 0.0483. The number of ketones is 1. The molecule has 0 fully saturated rings. The van der Waals surface area contributed by atoms with Gasteiger partial charge in [0.2, 0.25) is 0 Å². The van der Waals surface area contributed by atoms with E-state index >= 15 is 0 Å². The molecule has 1 aliphatic rings. The fourth-order valence-corrected chi connectivity index (χ4v) is 4.56. The zero-order valence-electron chi connectivity index (χ0n) is 10.3. The number of rotatable bonds is 5. The van der Waals surface area contributed by atoms with Crippen molar-refractivity contribution in [3.8, 4) is 0 Å². The van der Waals surface area contributed by atoms with Gasteiger partial charge in [0.05, 0.1) is 8.07 Å². The molecule has 0 bridgehead atoms. The Morgan fingerprint density at radius 3 is 2.47 bits per heavy atom. The Morgan fingerprint density at radius 1 is 1.47 bits per heavy atom. The highest BCUT2D eigenvalue weighted by Crippen LogP contribution is 2.45. The van der Waals surface area contributed by atoms with E-state index in [0.717, 1.165) is 0 Å². The van der Waals surface area contributed by atoms with Crippen LogP contribution in [0.3, 0.4) is 0 Å². The Balaban J connectivity index is 2.50. The predicted molar refractivity (Wildman–Crippen MR) is 65.6 cm³/mol. The van der Waals surface area contributed by atoms with Crippen LogP contribution in [0.2, 0.25) is 19.6 Å². The third-order valence-corrected chi connectivity index (χ3v) is 5.01. The van der Waals surface area contributed by atoms with Crippen molar-refractivity contribution >= 4 is 13.9 Å². The van der Waals surface area contributed by atoms with Crippen molar-refractivity contribution in [1.82, 2.24) is 0 Å². The molecule has 0 heterocycles. The lowest BCUT2D eigenvalue weighted by molar-refractivity contribution is -0.118. The predicted octanol–water partition coefficient (Wildman–Crippen LogP) is 2.58. The molecule has 0 aromatic carbocycles. The molecular formula is C12H20O2Si. The van der Waals surface area contributed by atoms with Crippen molar-refractivity contribution in [1.29, 1.82) is 0 Å². The number of allylic oxidation sites excluding steroid dienone is 3. The summed E-state index contributed by atoms with van der Waals surface area (Å²) in [5, 5.41) is 1.60. The minimum atomic E-state index is -1.15. The summed E-state index contributed by atoms with van der Waals surface area (Å²) < 4.78 is 4.77. The zero-order valence-corrected chi connectivity index (χ0v) is 11.3. The van der Waals surface area contributed by atoms with E-state index < -0.39 is 8.07 Å². The van der Waals surface area contributed by atoms with Gasteiger partial charge in [-0.1, -0.05) is 36.5 Å². The van der Waals surface area contributed by atoms with Crippen molar-refractivity contribution < 1.29 is 9.53 Å². The Bertz CT molecular complexity index is 321. The van der Waals surface area contributed by atoms with Gasteiger partial charge >= 0.3 is 0 Å². The molecule has 0 amide bonds. The van der Waals surface area contributed by atoms with E-state index in [1.165, 1.54) is 5.57 Å². The summed E-state index contributed by atoms with van der Waals surface area (Å²) in [5.74, 6) is 0.518. The fourth-order valence-electron chi connectivity index (χ4n) is 2.05. The molecule has 1 unspecified atom stereocenters. The maximum atomic E-state index is 11.2. The second-order valence-corrected chi connectivity index (χ2v) is 10.1. The number of hydrogen-bond acceptors (Lipinski definition) is 2. The monoisotopic (exact) mass is 224 g/mol. The standard InChI is InChI=1S/C12H20O2Si/c1-9-11(12(9)15(3,4)5)7-6-10(13)8-14-2/h6-7,11H,8H2,1-5H3. The van der Waals surface area contributed by atoms with Gasteiger partial charge in [0.25, 0.3) is 0 Å². The fraction of sp³-hybridized carbons (Fsp3) is 0.583. The van der Waals surface area contributed by atoms with Gasteiger partial charge in [-0.25, -0.2) is 0 Å². The molecule has 15 heavy (non-hydrogen) atoms. The third-order valence-electron chi connectivity index (χ3n) is 2.69. The minimum Gasteiger partial charge on any atom is -0.377 e. The van der Waals surface area contributed by atoms with Crippen LogP contribution in [0.5, 0.6) is 0 Å². The lowest BCUT2D eigenvalue weighted by Gasteiger charge is -2.11. The van der Waals surface area contributed by atoms with E-state index in [0.29, 0.717) is 5.92 Å². The summed E-state index contributed by atoms with van der Waals surface area (Å²) in [7, 11) is 0.387. The van der Waals surface area contributed by atoms with Gasteiger partial charge in [0, 0.05) is 13.0 Å². The van der Waals surface area contributed by atoms with Crippen LogP contribution < -0.4 is 0 Å². The van der Waals surface area contributed by atoms with E-state index in [9.17, 15) is 4.79 Å². The Labute approximate surface area is 93.0 Å². The number of carbonyl (C=O) groups excluding carboxylic acids is 1. The summed E-state index contributed by atoms with van der Waals surface area (Å²) in [6, 6.07) is 0. The van der Waals surface area contributed by atoms with E-state index in [1.807, 2.05) is 6.08 Å². The van der Waals surface area contributed by atoms with Crippen molar-refractivity contribution in [2.75, 3.05) is 13.7 Å². The number of carbonyl (C=O) groups is 1. The van der Waals surface area contributed by atoms with Gasteiger partial charge in [-0.3, -0.25) is 4.79 Å². The first-order chi connectivity index (χ1) is 6.88. The average Bonchev–Trinajstić information content (AvgIpc) is 2.73. The maximum Gasteiger partial charge on any atom is 0.180 e. The molecule has 0 radical (unpaired) electrons. The van der Waals surface area contributed by atoms with Crippen LogP contribution >= 0.6 is 0 Å². The highest BCUT2D eigenvalue weighted by Gasteiger charge is 2.39. The summed E-state index contributed by atoms with van der Waals surface area (Å²) >= 11 is 0. The molecule has 0 saturated heterocycles. The first-order valence-electron chi connectivity index (χ1n) is 5.29. The van der Waals surface area contributed by atoms with Crippen LogP contribution in [0, 0.1) is 5.92 Å². The summed E-state index contributed by atoms with van der Waals surface area (Å²) in [6.45, 7) is 9.39. The molecule has 2 nitrogen and oxygen atoms in total. The van der Waals surface area contributed by atoms with E-state index in [4.69, 9.17) is 4.74 Å². The average molecular weight is 224 g/mol. The molecule has 1 rings (SSSR count). The zero-order chi connectivity index (χ0) is 11.6. The summed E-state index contributed by atoms with van der Waals surface area (Å²) in [4.78, 5) is 11.2. The number of methoxy groups -OCH3 is 1. The second kappa shape index (κ2) is 4.45. The first-order valence-corrected chi connectivity index (χ1v) is 8.79. The molecule has 0 N–H and O–H groups in total. The SMILES string of the molecule is COCC(=O)C=CC1C(C)=C1[Si](C)(C)C. The van der Waals surface area contributed by atoms with Crippen molar-refractivity contribution in [3.05, 3.63) is 22.9 Å². The van der Waals surface area contributed by atoms with Gasteiger partial charge in [-0.15, -0.1) is 0 Å². The van der Waals surface area contributed by atoms with Crippen LogP contribution in [0.15, 0.2) is 22.9 Å². The van der Waals surface area contributed by atoms with Gasteiger partial charge < -0.3 is 4.74 Å². The van der Waals surface area contributed by atoms with Crippen molar-refractivity contribution in [2.45, 2.75) is 26.6 Å². The highest BCUT2D eigenvalue weighted by atomic mass is 28.3. The lowest BCUT2D eigenvalue weighted by atomic mass is 10.2. The van der Waals surface area contributed by atoms with Gasteiger partial charge in [-0.2, -0.15) is 0 Å². The quantitative estimate of drug-likeness (QED) is 0.530. The molecule has 0 aromatic heterocycles. The normalized spacial score (nSPS) is 21.3. The molecule has 1 atom stereocenters. The molecule has 0 aliphatic heterocycles. The number of ether oxygens (including phenoxy) is 1. The Kier molecular flexibility index (Phi) is 3.68. The molecular weight excluding hydrogens is 204 g/mol. The molecule has 0 aromatic rings. The molecule has 0 spiro atoms. The van der Waals surface area contributed by atoms with Crippen LogP contribution in [-0.2, 0) is 9.53 Å². The van der Waals surface area contributed by atoms with E-state index in [1.54, 1.807) is 18.4 Å². The van der Waals surface area contributed by atoms with Crippen molar-refractivity contribution in [3.63, 3.8) is 0 Å². The molecule has 1 aliphatic carbocycles. The van der Waals surface area contributed by atoms with E-state index in [-0.39, 0.29) is 12.4 Å². The smallest absolute Gasteiger partial charge is 0.180 e. The van der Waals surface area contributed by atoms with Crippen LogP contribution in [-0.4, -0.2) is 27.6 Å². The summed E-state index contributed by atoms with van der Waals surface area (Å²) in [5.41, 5.74) is 1.47. The largest absolute Gasteiger partial charge is 0.377 e. The van der Waals surface area contributed by atoms with Crippen LogP contribution in [0.4, 0.5) is 0 Å². The third kappa shape index (κ3) is 3.14. The van der Waals surface area contributed by atoms with Gasteiger partial charge in [0.1, 0.15) is 6.61 Å². The van der Waals surface area contributed by atoms with E-state index in [2.05, 4.69) is 26.6 Å². The van der Waals surface area contributed by atoms with Crippen molar-refractivity contribution in [2.24, 2.45) is 5.92 Å². The van der Waals surface area contributed by atoms with Gasteiger partial charge in [0.15, 0.2) is 5.78 Å². The Hall–Kier alpha value is -0.673. The van der Waals surface area contributed by atoms with Gasteiger partial charge in [-0.05, 0) is 13.0 Å². The second-order valence-electron chi connectivity index (χ2n) is 5.08.